The average Bonchev–Trinajstić information content (AvgIpc) is 3.20. The zero-order valence-electron chi connectivity index (χ0n) is 17.7. The molecule has 0 bridgehead atoms. The summed E-state index contributed by atoms with van der Waals surface area (Å²) in [5, 5.41) is 2.34. The number of fused-ring (bicyclic) bond motifs is 3. The molecule has 5 aromatic rings. The third-order valence-corrected chi connectivity index (χ3v) is 6.66. The maximum atomic E-state index is 13.0. The van der Waals surface area contributed by atoms with Gasteiger partial charge >= 0.3 is 0 Å². The van der Waals surface area contributed by atoms with Crippen molar-refractivity contribution in [1.82, 2.24) is 4.57 Å². The molecule has 0 saturated carbocycles. The molecule has 1 heterocycles. The minimum Gasteiger partial charge on any atom is -0.383 e. The summed E-state index contributed by atoms with van der Waals surface area (Å²) in [6, 6.07) is 30.2. The Bertz CT molecular complexity index is 1470. The quantitative estimate of drug-likeness (QED) is 0.342. The van der Waals surface area contributed by atoms with Crippen molar-refractivity contribution in [2.24, 2.45) is 4.99 Å². The highest BCUT2D eigenvalue weighted by molar-refractivity contribution is 7.17. The molecule has 0 aliphatic heterocycles. The molecule has 0 radical (unpaired) electrons. The fourth-order valence-corrected chi connectivity index (χ4v) is 5.06. The van der Waals surface area contributed by atoms with Crippen LogP contribution in [0.25, 0.3) is 32.1 Å². The van der Waals surface area contributed by atoms with Crippen LogP contribution in [0, 0.1) is 0 Å². The predicted octanol–water partition coefficient (Wildman–Crippen LogP) is 5.91. The first-order valence-corrected chi connectivity index (χ1v) is 11.3. The van der Waals surface area contributed by atoms with Crippen molar-refractivity contribution in [1.29, 1.82) is 0 Å². The number of nitrogens with zero attached hydrogens (tertiary/aromatic N) is 2. The number of thiazole rings is 1. The smallest absolute Gasteiger partial charge is 0.279 e. The molecule has 0 saturated heterocycles. The van der Waals surface area contributed by atoms with Gasteiger partial charge in [0, 0.05) is 24.6 Å². The van der Waals surface area contributed by atoms with Gasteiger partial charge in [0.15, 0.2) is 4.80 Å². The lowest BCUT2D eigenvalue weighted by Gasteiger charge is -2.05. The summed E-state index contributed by atoms with van der Waals surface area (Å²) in [7, 11) is 1.68. The van der Waals surface area contributed by atoms with Crippen LogP contribution in [0.3, 0.4) is 0 Å². The van der Waals surface area contributed by atoms with E-state index in [1.54, 1.807) is 18.4 Å². The van der Waals surface area contributed by atoms with Gasteiger partial charge in [-0.2, -0.15) is 4.99 Å². The number of hydrogen-bond acceptors (Lipinski definition) is 3. The maximum Gasteiger partial charge on any atom is 0.279 e. The van der Waals surface area contributed by atoms with Crippen molar-refractivity contribution in [3.8, 4) is 11.1 Å². The fraction of sp³-hybridized carbons (Fsp3) is 0.111. The van der Waals surface area contributed by atoms with E-state index in [0.29, 0.717) is 23.5 Å². The molecule has 0 fully saturated rings. The topological polar surface area (TPSA) is 43.6 Å². The van der Waals surface area contributed by atoms with Gasteiger partial charge in [-0.15, -0.1) is 0 Å². The summed E-state index contributed by atoms with van der Waals surface area (Å²) >= 11 is 1.55. The Morgan fingerprint density at radius 1 is 0.875 bits per heavy atom. The van der Waals surface area contributed by atoms with Gasteiger partial charge in [-0.05, 0) is 34.7 Å². The minimum absolute atomic E-state index is 0.244. The molecule has 0 atom stereocenters. The van der Waals surface area contributed by atoms with E-state index in [-0.39, 0.29) is 5.91 Å². The van der Waals surface area contributed by atoms with Gasteiger partial charge < -0.3 is 9.30 Å². The van der Waals surface area contributed by atoms with Gasteiger partial charge in [0.05, 0.1) is 16.8 Å². The van der Waals surface area contributed by atoms with Crippen molar-refractivity contribution in [3.63, 3.8) is 0 Å². The number of carbonyl (C=O) groups is 1. The van der Waals surface area contributed by atoms with E-state index in [4.69, 9.17) is 4.74 Å². The third-order valence-electron chi connectivity index (χ3n) is 5.53. The number of benzene rings is 4. The Hall–Kier alpha value is -3.54. The number of carbonyl (C=O) groups excluding carboxylic acids is 1. The summed E-state index contributed by atoms with van der Waals surface area (Å²) < 4.78 is 8.51. The molecule has 158 valence electrons. The molecule has 4 aromatic carbocycles. The second-order valence-corrected chi connectivity index (χ2v) is 8.50. The van der Waals surface area contributed by atoms with Gasteiger partial charge in [-0.1, -0.05) is 84.1 Å². The van der Waals surface area contributed by atoms with Crippen molar-refractivity contribution in [2.75, 3.05) is 13.7 Å². The number of methoxy groups -OCH3 is 1. The van der Waals surface area contributed by atoms with Crippen molar-refractivity contribution < 1.29 is 9.53 Å². The Balaban J connectivity index is 1.57. The van der Waals surface area contributed by atoms with Crippen LogP contribution < -0.4 is 4.80 Å². The second kappa shape index (κ2) is 8.91. The Kier molecular flexibility index (Phi) is 5.67. The Labute approximate surface area is 190 Å². The molecular weight excluding hydrogens is 416 g/mol. The molecule has 5 rings (SSSR count). The zero-order valence-corrected chi connectivity index (χ0v) is 18.5. The summed E-state index contributed by atoms with van der Waals surface area (Å²) in [5.41, 5.74) is 3.84. The van der Waals surface area contributed by atoms with Gasteiger partial charge in [-0.25, -0.2) is 0 Å². The third kappa shape index (κ3) is 3.88. The minimum atomic E-state index is -0.244. The molecule has 1 aromatic heterocycles. The number of aromatic nitrogens is 1. The van der Waals surface area contributed by atoms with E-state index in [9.17, 15) is 4.79 Å². The van der Waals surface area contributed by atoms with Crippen molar-refractivity contribution in [2.45, 2.75) is 6.54 Å². The van der Waals surface area contributed by atoms with Crippen LogP contribution in [-0.2, 0) is 11.3 Å². The molecule has 0 N–H and O–H groups in total. The first kappa shape index (κ1) is 20.4. The molecular formula is C27H22N2O2S. The fourth-order valence-electron chi connectivity index (χ4n) is 3.87. The predicted molar refractivity (Wildman–Crippen MR) is 131 cm³/mol. The largest absolute Gasteiger partial charge is 0.383 e. The van der Waals surface area contributed by atoms with Gasteiger partial charge in [0.25, 0.3) is 5.91 Å². The molecule has 5 heteroatoms. The number of hydrogen-bond donors (Lipinski definition) is 0. The lowest BCUT2D eigenvalue weighted by Crippen LogP contribution is -2.19. The highest BCUT2D eigenvalue weighted by Crippen LogP contribution is 2.27. The molecule has 0 spiro atoms. The summed E-state index contributed by atoms with van der Waals surface area (Å²) in [5.74, 6) is -0.244. The van der Waals surface area contributed by atoms with Gasteiger partial charge in [0.2, 0.25) is 0 Å². The SMILES string of the molecule is COCCn1c(=NC(=O)c2ccc(-c3ccccc3)cc2)sc2c3ccccc3ccc21. The lowest BCUT2D eigenvalue weighted by molar-refractivity contribution is 0.0997. The van der Waals surface area contributed by atoms with E-state index >= 15 is 0 Å². The standard InChI is InChI=1S/C27H22N2O2S/c1-31-18-17-29-24-16-15-21-9-5-6-10-23(21)25(24)32-27(29)28-26(30)22-13-11-20(12-14-22)19-7-3-2-4-8-19/h2-16H,17-18H2,1H3. The van der Waals surface area contributed by atoms with Crippen molar-refractivity contribution >= 4 is 38.2 Å². The van der Waals surface area contributed by atoms with E-state index in [2.05, 4.69) is 46.0 Å². The summed E-state index contributed by atoms with van der Waals surface area (Å²) in [6.07, 6.45) is 0. The van der Waals surface area contributed by atoms with Crippen molar-refractivity contribution in [3.05, 3.63) is 101 Å². The first-order chi connectivity index (χ1) is 15.7. The van der Waals surface area contributed by atoms with Crippen LogP contribution in [0.5, 0.6) is 0 Å². The first-order valence-electron chi connectivity index (χ1n) is 10.5. The van der Waals surface area contributed by atoms with E-state index < -0.39 is 0 Å². The van der Waals surface area contributed by atoms with E-state index in [0.717, 1.165) is 21.3 Å². The Morgan fingerprint density at radius 3 is 2.38 bits per heavy atom. The molecule has 4 nitrogen and oxygen atoms in total. The number of rotatable bonds is 5. The van der Waals surface area contributed by atoms with E-state index in [1.165, 1.54) is 10.8 Å². The van der Waals surface area contributed by atoms with Gasteiger partial charge in [0.1, 0.15) is 0 Å². The molecule has 0 aliphatic rings. The second-order valence-electron chi connectivity index (χ2n) is 7.52. The van der Waals surface area contributed by atoms with Gasteiger partial charge in [-0.3, -0.25) is 4.79 Å². The highest BCUT2D eigenvalue weighted by atomic mass is 32.1. The van der Waals surface area contributed by atoms with Crippen LogP contribution in [0.4, 0.5) is 0 Å². The zero-order chi connectivity index (χ0) is 21.9. The average molecular weight is 439 g/mol. The Morgan fingerprint density at radius 2 is 1.59 bits per heavy atom. The van der Waals surface area contributed by atoms with Crippen LogP contribution >= 0.6 is 11.3 Å². The summed E-state index contributed by atoms with van der Waals surface area (Å²) in [4.78, 5) is 18.2. The molecule has 32 heavy (non-hydrogen) atoms. The molecule has 0 unspecified atom stereocenters. The van der Waals surface area contributed by atoms with E-state index in [1.807, 2.05) is 54.6 Å². The number of amides is 1. The van der Waals surface area contributed by atoms with Crippen LogP contribution in [0.2, 0.25) is 0 Å². The number of ether oxygens (including phenoxy) is 1. The maximum absolute atomic E-state index is 13.0. The highest BCUT2D eigenvalue weighted by Gasteiger charge is 2.12. The molecule has 1 amide bonds. The molecule has 0 aliphatic carbocycles. The van der Waals surface area contributed by atoms with Crippen LogP contribution in [-0.4, -0.2) is 24.2 Å². The lowest BCUT2D eigenvalue weighted by atomic mass is 10.0. The summed E-state index contributed by atoms with van der Waals surface area (Å²) in [6.45, 7) is 1.18. The van der Waals surface area contributed by atoms with Crippen LogP contribution in [0.1, 0.15) is 10.4 Å². The normalized spacial score (nSPS) is 12.0. The van der Waals surface area contributed by atoms with Crippen LogP contribution in [0.15, 0.2) is 96.0 Å². The monoisotopic (exact) mass is 438 g/mol.